The molecule has 1 aliphatic carbocycles. The molecule has 1 saturated carbocycles. The number of fused-ring (bicyclic) bond motifs is 1. The molecule has 23 heavy (non-hydrogen) atoms. The fourth-order valence-electron chi connectivity index (χ4n) is 2.64. The minimum absolute atomic E-state index is 0.130. The van der Waals surface area contributed by atoms with E-state index in [-0.39, 0.29) is 10.6 Å². The van der Waals surface area contributed by atoms with Gasteiger partial charge in [-0.1, -0.05) is 26.8 Å². The summed E-state index contributed by atoms with van der Waals surface area (Å²) in [5.41, 5.74) is 1.45. The molecule has 0 atom stereocenters. The lowest BCUT2D eigenvalue weighted by molar-refractivity contribution is 0.152. The molecule has 2 aromatic heterocycles. The van der Waals surface area contributed by atoms with Crippen LogP contribution >= 0.6 is 0 Å². The Morgan fingerprint density at radius 2 is 1.91 bits per heavy atom. The first kappa shape index (κ1) is 16.6. The summed E-state index contributed by atoms with van der Waals surface area (Å²) in [6.07, 6.45) is 3.35. The van der Waals surface area contributed by atoms with Gasteiger partial charge in [0.25, 0.3) is 0 Å². The van der Waals surface area contributed by atoms with Gasteiger partial charge >= 0.3 is 7.12 Å². The summed E-state index contributed by atoms with van der Waals surface area (Å²) in [5, 5.41) is 23.4. The number of pyridine rings is 1. The lowest BCUT2D eigenvalue weighted by Crippen LogP contribution is -2.44. The summed E-state index contributed by atoms with van der Waals surface area (Å²) in [6.45, 7) is 11.2. The van der Waals surface area contributed by atoms with Crippen molar-refractivity contribution in [2.75, 3.05) is 0 Å². The SMILES string of the molecule is CC(C)(C)[Si](C)(C)OC1(c2ccc(B(O)O)c3ncnn23)CC1. The molecule has 124 valence electrons. The maximum absolute atomic E-state index is 9.49. The summed E-state index contributed by atoms with van der Waals surface area (Å²) in [7, 11) is -3.49. The van der Waals surface area contributed by atoms with Gasteiger partial charge in [0.2, 0.25) is 0 Å². The average molecular weight is 333 g/mol. The smallest absolute Gasteiger partial charge is 0.423 e. The van der Waals surface area contributed by atoms with Crippen LogP contribution in [0.4, 0.5) is 0 Å². The second kappa shape index (κ2) is 5.14. The zero-order chi connectivity index (χ0) is 17.0. The molecule has 0 aliphatic heterocycles. The Bertz CT molecular complexity index is 735. The highest BCUT2D eigenvalue weighted by Gasteiger charge is 2.54. The molecular formula is C15H24BN3O3Si. The van der Waals surface area contributed by atoms with Crippen molar-refractivity contribution < 1.29 is 14.5 Å². The molecule has 1 aliphatic rings. The van der Waals surface area contributed by atoms with E-state index in [9.17, 15) is 10.0 Å². The second-order valence-corrected chi connectivity index (χ2v) is 12.6. The summed E-state index contributed by atoms with van der Waals surface area (Å²) in [4.78, 5) is 4.17. The largest absolute Gasteiger partial charge is 0.492 e. The van der Waals surface area contributed by atoms with Crippen molar-refractivity contribution in [2.45, 2.75) is 57.3 Å². The lowest BCUT2D eigenvalue weighted by Gasteiger charge is -2.39. The molecule has 8 heteroatoms. The Balaban J connectivity index is 2.04. The van der Waals surface area contributed by atoms with Crippen LogP contribution < -0.4 is 5.46 Å². The van der Waals surface area contributed by atoms with Crippen LogP contribution in [0.2, 0.25) is 18.1 Å². The van der Waals surface area contributed by atoms with Crippen LogP contribution in [0.5, 0.6) is 0 Å². The van der Waals surface area contributed by atoms with Crippen LogP contribution in [0.15, 0.2) is 18.5 Å². The predicted molar refractivity (Wildman–Crippen MR) is 92.0 cm³/mol. The van der Waals surface area contributed by atoms with E-state index in [2.05, 4.69) is 43.9 Å². The number of rotatable bonds is 4. The number of hydrogen-bond donors (Lipinski definition) is 2. The normalized spacial score (nSPS) is 17.5. The molecule has 2 aromatic rings. The quantitative estimate of drug-likeness (QED) is 0.827. The fraction of sp³-hybridized carbons (Fsp3) is 0.600. The minimum atomic E-state index is -1.92. The van der Waals surface area contributed by atoms with Crippen molar-refractivity contribution in [1.82, 2.24) is 14.6 Å². The Morgan fingerprint density at radius 1 is 1.26 bits per heavy atom. The molecule has 0 aromatic carbocycles. The molecule has 0 radical (unpaired) electrons. The molecule has 1 fully saturated rings. The van der Waals surface area contributed by atoms with Gasteiger partial charge < -0.3 is 14.5 Å². The van der Waals surface area contributed by atoms with E-state index in [4.69, 9.17) is 4.43 Å². The number of aromatic nitrogens is 3. The van der Waals surface area contributed by atoms with Crippen LogP contribution in [-0.2, 0) is 10.0 Å². The molecule has 0 saturated heterocycles. The van der Waals surface area contributed by atoms with Gasteiger partial charge in [0.05, 0.1) is 11.3 Å². The third-order valence-corrected chi connectivity index (χ3v) is 9.67. The third kappa shape index (κ3) is 2.73. The molecule has 0 bridgehead atoms. The minimum Gasteiger partial charge on any atom is -0.423 e. The fourth-order valence-corrected chi connectivity index (χ4v) is 4.23. The molecule has 2 N–H and O–H groups in total. The monoisotopic (exact) mass is 333 g/mol. The van der Waals surface area contributed by atoms with E-state index < -0.39 is 15.4 Å². The highest BCUT2D eigenvalue weighted by Crippen LogP contribution is 2.53. The zero-order valence-electron chi connectivity index (χ0n) is 14.4. The molecule has 0 spiro atoms. The van der Waals surface area contributed by atoms with Crippen molar-refractivity contribution in [3.63, 3.8) is 0 Å². The molecule has 0 amide bonds. The van der Waals surface area contributed by atoms with Crippen LogP contribution in [0.1, 0.15) is 39.3 Å². The Hall–Kier alpha value is -1.22. The first-order chi connectivity index (χ1) is 10.6. The van der Waals surface area contributed by atoms with Crippen molar-refractivity contribution in [1.29, 1.82) is 0 Å². The van der Waals surface area contributed by atoms with E-state index in [0.717, 1.165) is 18.5 Å². The summed E-state index contributed by atoms with van der Waals surface area (Å²) < 4.78 is 8.38. The van der Waals surface area contributed by atoms with Gasteiger partial charge in [0.1, 0.15) is 6.33 Å². The van der Waals surface area contributed by atoms with E-state index in [1.807, 2.05) is 6.07 Å². The van der Waals surface area contributed by atoms with Gasteiger partial charge in [-0.25, -0.2) is 9.50 Å². The average Bonchev–Trinajstić information content (AvgIpc) is 3.01. The van der Waals surface area contributed by atoms with Gasteiger partial charge in [-0.3, -0.25) is 0 Å². The maximum atomic E-state index is 9.49. The Kier molecular flexibility index (Phi) is 3.72. The first-order valence-electron chi connectivity index (χ1n) is 7.97. The zero-order valence-corrected chi connectivity index (χ0v) is 15.4. The van der Waals surface area contributed by atoms with Crippen LogP contribution in [0, 0.1) is 0 Å². The highest BCUT2D eigenvalue weighted by atomic mass is 28.4. The van der Waals surface area contributed by atoms with E-state index >= 15 is 0 Å². The molecule has 3 rings (SSSR count). The first-order valence-corrected chi connectivity index (χ1v) is 10.9. The van der Waals surface area contributed by atoms with Gasteiger partial charge in [-0.15, -0.1) is 0 Å². The van der Waals surface area contributed by atoms with Gasteiger partial charge in [0.15, 0.2) is 14.0 Å². The van der Waals surface area contributed by atoms with E-state index in [0.29, 0.717) is 11.1 Å². The van der Waals surface area contributed by atoms with E-state index in [1.165, 1.54) is 6.33 Å². The van der Waals surface area contributed by atoms with Gasteiger partial charge in [-0.2, -0.15) is 5.10 Å². The van der Waals surface area contributed by atoms with Crippen molar-refractivity contribution in [2.24, 2.45) is 0 Å². The molecule has 2 heterocycles. The highest BCUT2D eigenvalue weighted by molar-refractivity contribution is 6.74. The number of hydrogen-bond acceptors (Lipinski definition) is 5. The van der Waals surface area contributed by atoms with Crippen LogP contribution in [-0.4, -0.2) is 40.1 Å². The molecule has 6 nitrogen and oxygen atoms in total. The topological polar surface area (TPSA) is 79.9 Å². The standard InChI is InChI=1S/C15H24BN3O3Si/c1-14(2,3)23(4,5)22-15(8-9-15)12-7-6-11(16(20)21)13-17-10-18-19(12)13/h6-7,10,20-21H,8-9H2,1-5H3. The predicted octanol–water partition coefficient (Wildman–Crippen LogP) is 1.42. The van der Waals surface area contributed by atoms with Crippen LogP contribution in [0.3, 0.4) is 0 Å². The van der Waals surface area contributed by atoms with E-state index in [1.54, 1.807) is 10.6 Å². The van der Waals surface area contributed by atoms with Crippen molar-refractivity contribution >= 4 is 26.5 Å². The summed E-state index contributed by atoms with van der Waals surface area (Å²) in [5.74, 6) is 0. The lowest BCUT2D eigenvalue weighted by atomic mass is 9.81. The Morgan fingerprint density at radius 3 is 2.43 bits per heavy atom. The van der Waals surface area contributed by atoms with Crippen LogP contribution in [0.25, 0.3) is 5.65 Å². The van der Waals surface area contributed by atoms with Crippen molar-refractivity contribution in [3.05, 3.63) is 24.2 Å². The number of nitrogens with zero attached hydrogens (tertiary/aromatic N) is 3. The Labute approximate surface area is 137 Å². The van der Waals surface area contributed by atoms with Crippen molar-refractivity contribution in [3.8, 4) is 0 Å². The van der Waals surface area contributed by atoms with Gasteiger partial charge in [-0.05, 0) is 37.0 Å². The maximum Gasteiger partial charge on any atom is 0.492 e. The second-order valence-electron chi connectivity index (χ2n) is 7.90. The third-order valence-electron chi connectivity index (χ3n) is 5.16. The molecule has 0 unspecified atom stereocenters. The summed E-state index contributed by atoms with van der Waals surface area (Å²) in [6, 6.07) is 3.59. The summed E-state index contributed by atoms with van der Waals surface area (Å²) >= 11 is 0. The van der Waals surface area contributed by atoms with Gasteiger partial charge in [0, 0.05) is 5.46 Å². The molecular weight excluding hydrogens is 309 g/mol.